The Balaban J connectivity index is 2.60. The van der Waals surface area contributed by atoms with Gasteiger partial charge < -0.3 is 4.79 Å². The highest BCUT2D eigenvalue weighted by atomic mass is 19.4. The van der Waals surface area contributed by atoms with Crippen molar-refractivity contribution in [1.82, 2.24) is 0 Å². The minimum Gasteiger partial charge on any atom is -0.303 e. The fourth-order valence-electron chi connectivity index (χ4n) is 1.28. The van der Waals surface area contributed by atoms with Gasteiger partial charge in [0.15, 0.2) is 0 Å². The van der Waals surface area contributed by atoms with Crippen LogP contribution in [0.2, 0.25) is 0 Å². The van der Waals surface area contributed by atoms with Crippen molar-refractivity contribution in [1.29, 1.82) is 0 Å². The first-order chi connectivity index (χ1) is 7.01. The molecule has 1 aromatic carbocycles. The Labute approximate surface area is 85.9 Å². The molecule has 0 radical (unpaired) electrons. The third-order valence-electron chi connectivity index (χ3n) is 1.98. The van der Waals surface area contributed by atoms with Crippen LogP contribution in [0.15, 0.2) is 24.3 Å². The number of hydrogen-bond acceptors (Lipinski definition) is 1. The normalized spacial score (nSPS) is 11.4. The van der Waals surface area contributed by atoms with Crippen LogP contribution < -0.4 is 0 Å². The Morgan fingerprint density at radius 1 is 1.07 bits per heavy atom. The van der Waals surface area contributed by atoms with Gasteiger partial charge in [0, 0.05) is 6.42 Å². The van der Waals surface area contributed by atoms with Crippen molar-refractivity contribution in [3.8, 4) is 0 Å². The highest BCUT2D eigenvalue weighted by Crippen LogP contribution is 2.21. The monoisotopic (exact) mass is 216 g/mol. The SMILES string of the molecule is O=CCCc1ccc(CC(F)(F)F)cc1. The van der Waals surface area contributed by atoms with Crippen molar-refractivity contribution in [2.24, 2.45) is 0 Å². The number of aldehydes is 1. The number of benzene rings is 1. The predicted octanol–water partition coefficient (Wildman–Crippen LogP) is 2.92. The molecule has 0 unspecified atom stereocenters. The first kappa shape index (κ1) is 11.8. The molecule has 15 heavy (non-hydrogen) atoms. The summed E-state index contributed by atoms with van der Waals surface area (Å²) < 4.78 is 36.0. The van der Waals surface area contributed by atoms with Crippen molar-refractivity contribution < 1.29 is 18.0 Å². The Hall–Kier alpha value is -1.32. The summed E-state index contributed by atoms with van der Waals surface area (Å²) in [6.45, 7) is 0. The second-order valence-corrected chi connectivity index (χ2v) is 3.31. The van der Waals surface area contributed by atoms with E-state index in [0.717, 1.165) is 11.8 Å². The van der Waals surface area contributed by atoms with E-state index in [-0.39, 0.29) is 5.56 Å². The second-order valence-electron chi connectivity index (χ2n) is 3.31. The standard InChI is InChI=1S/C11H11F3O/c12-11(13,14)8-10-5-3-9(4-6-10)2-1-7-15/h3-7H,1-2,8H2. The van der Waals surface area contributed by atoms with Crippen molar-refractivity contribution in [2.75, 3.05) is 0 Å². The van der Waals surface area contributed by atoms with E-state index in [1.807, 2.05) is 0 Å². The Bertz CT molecular complexity index is 314. The second kappa shape index (κ2) is 4.96. The Morgan fingerprint density at radius 3 is 2.07 bits per heavy atom. The van der Waals surface area contributed by atoms with Gasteiger partial charge in [0.2, 0.25) is 0 Å². The van der Waals surface area contributed by atoms with Gasteiger partial charge in [0.25, 0.3) is 0 Å². The smallest absolute Gasteiger partial charge is 0.303 e. The average Bonchev–Trinajstić information content (AvgIpc) is 2.14. The fraction of sp³-hybridized carbons (Fsp3) is 0.364. The van der Waals surface area contributed by atoms with Crippen LogP contribution >= 0.6 is 0 Å². The zero-order valence-electron chi connectivity index (χ0n) is 8.05. The largest absolute Gasteiger partial charge is 0.393 e. The lowest BCUT2D eigenvalue weighted by Gasteiger charge is -2.06. The van der Waals surface area contributed by atoms with E-state index in [9.17, 15) is 18.0 Å². The molecule has 0 bridgehead atoms. The van der Waals surface area contributed by atoms with Crippen molar-refractivity contribution in [3.05, 3.63) is 35.4 Å². The summed E-state index contributed by atoms with van der Waals surface area (Å²) in [7, 11) is 0. The molecule has 0 aliphatic carbocycles. The summed E-state index contributed by atoms with van der Waals surface area (Å²) in [4.78, 5) is 10.1. The fourth-order valence-corrected chi connectivity index (χ4v) is 1.28. The molecule has 0 atom stereocenters. The minimum atomic E-state index is -4.16. The molecule has 0 spiro atoms. The van der Waals surface area contributed by atoms with Gasteiger partial charge in [-0.15, -0.1) is 0 Å². The van der Waals surface area contributed by atoms with Gasteiger partial charge in [0.1, 0.15) is 6.29 Å². The van der Waals surface area contributed by atoms with Crippen LogP contribution in [-0.4, -0.2) is 12.5 Å². The first-order valence-electron chi connectivity index (χ1n) is 4.59. The van der Waals surface area contributed by atoms with E-state index < -0.39 is 12.6 Å². The average molecular weight is 216 g/mol. The van der Waals surface area contributed by atoms with Crippen LogP contribution in [0, 0.1) is 0 Å². The van der Waals surface area contributed by atoms with E-state index in [1.54, 1.807) is 12.1 Å². The molecular formula is C11H11F3O. The summed E-state index contributed by atoms with van der Waals surface area (Å²) in [5.74, 6) is 0. The zero-order chi connectivity index (χ0) is 11.3. The molecule has 0 amide bonds. The van der Waals surface area contributed by atoms with Crippen molar-refractivity contribution in [3.63, 3.8) is 0 Å². The molecule has 82 valence electrons. The maximum absolute atomic E-state index is 12.0. The molecular weight excluding hydrogens is 205 g/mol. The topological polar surface area (TPSA) is 17.1 Å². The van der Waals surface area contributed by atoms with E-state index in [0.29, 0.717) is 12.8 Å². The van der Waals surface area contributed by atoms with Gasteiger partial charge >= 0.3 is 6.18 Å². The molecule has 1 aromatic rings. The third kappa shape index (κ3) is 4.63. The first-order valence-corrected chi connectivity index (χ1v) is 4.59. The summed E-state index contributed by atoms with van der Waals surface area (Å²) in [5.41, 5.74) is 1.13. The van der Waals surface area contributed by atoms with E-state index in [4.69, 9.17) is 0 Å². The number of halogens is 3. The molecule has 1 rings (SSSR count). The summed E-state index contributed by atoms with van der Waals surface area (Å²) >= 11 is 0. The summed E-state index contributed by atoms with van der Waals surface area (Å²) in [6.07, 6.45) is -3.29. The van der Waals surface area contributed by atoms with Crippen LogP contribution in [0.3, 0.4) is 0 Å². The van der Waals surface area contributed by atoms with Crippen LogP contribution in [0.5, 0.6) is 0 Å². The summed E-state index contributed by atoms with van der Waals surface area (Å²) in [5, 5.41) is 0. The van der Waals surface area contributed by atoms with Gasteiger partial charge in [-0.3, -0.25) is 0 Å². The maximum atomic E-state index is 12.0. The van der Waals surface area contributed by atoms with Crippen LogP contribution in [0.4, 0.5) is 13.2 Å². The van der Waals surface area contributed by atoms with Gasteiger partial charge in [-0.25, -0.2) is 0 Å². The lowest BCUT2D eigenvalue weighted by molar-refractivity contribution is -0.127. The van der Waals surface area contributed by atoms with E-state index >= 15 is 0 Å². The Morgan fingerprint density at radius 2 is 1.60 bits per heavy atom. The highest BCUT2D eigenvalue weighted by molar-refractivity contribution is 5.50. The van der Waals surface area contributed by atoms with Gasteiger partial charge in [-0.2, -0.15) is 13.2 Å². The van der Waals surface area contributed by atoms with E-state index in [2.05, 4.69) is 0 Å². The zero-order valence-corrected chi connectivity index (χ0v) is 8.05. The molecule has 0 aliphatic rings. The lowest BCUT2D eigenvalue weighted by atomic mass is 10.1. The third-order valence-corrected chi connectivity index (χ3v) is 1.98. The van der Waals surface area contributed by atoms with Crippen LogP contribution in [-0.2, 0) is 17.6 Å². The van der Waals surface area contributed by atoms with Gasteiger partial charge in [-0.1, -0.05) is 24.3 Å². The van der Waals surface area contributed by atoms with E-state index in [1.165, 1.54) is 12.1 Å². The number of hydrogen-bond donors (Lipinski definition) is 0. The van der Waals surface area contributed by atoms with Crippen LogP contribution in [0.1, 0.15) is 17.5 Å². The molecule has 4 heteroatoms. The molecule has 0 aromatic heterocycles. The Kier molecular flexibility index (Phi) is 3.88. The van der Waals surface area contributed by atoms with Crippen molar-refractivity contribution in [2.45, 2.75) is 25.4 Å². The van der Waals surface area contributed by atoms with Crippen LogP contribution in [0.25, 0.3) is 0 Å². The quantitative estimate of drug-likeness (QED) is 0.707. The number of carbonyl (C=O) groups is 1. The van der Waals surface area contributed by atoms with Crippen molar-refractivity contribution >= 4 is 6.29 Å². The predicted molar refractivity (Wildman–Crippen MR) is 50.6 cm³/mol. The molecule has 0 fully saturated rings. The maximum Gasteiger partial charge on any atom is 0.393 e. The number of carbonyl (C=O) groups excluding carboxylic acids is 1. The van der Waals surface area contributed by atoms with Gasteiger partial charge in [0.05, 0.1) is 6.42 Å². The molecule has 0 saturated carbocycles. The molecule has 0 N–H and O–H groups in total. The molecule has 0 saturated heterocycles. The molecule has 1 nitrogen and oxygen atoms in total. The summed E-state index contributed by atoms with van der Waals surface area (Å²) in [6, 6.07) is 6.16. The lowest BCUT2D eigenvalue weighted by Crippen LogP contribution is -2.11. The minimum absolute atomic E-state index is 0.248. The molecule has 0 heterocycles. The molecule has 0 aliphatic heterocycles. The van der Waals surface area contributed by atoms with Gasteiger partial charge in [-0.05, 0) is 17.5 Å². The number of aryl methyl sites for hydroxylation is 1. The number of alkyl halides is 3. The highest BCUT2D eigenvalue weighted by Gasteiger charge is 2.27. The number of rotatable bonds is 4.